The molecule has 0 aliphatic heterocycles. The fourth-order valence-electron chi connectivity index (χ4n) is 0.829. The minimum absolute atomic E-state index is 0.00167. The highest BCUT2D eigenvalue weighted by Gasteiger charge is 2.16. The van der Waals surface area contributed by atoms with Crippen molar-refractivity contribution in [1.29, 1.82) is 0 Å². The van der Waals surface area contributed by atoms with E-state index in [1.54, 1.807) is 0 Å². The second-order valence-electron chi connectivity index (χ2n) is 2.40. The number of ketones is 1. The number of halogens is 4. The van der Waals surface area contributed by atoms with E-state index >= 15 is 0 Å². The largest absolute Gasteiger partial charge is 0.294 e. The molecular formula is C8H4Br2F2O. The second kappa shape index (κ2) is 3.84. The fourth-order valence-corrected chi connectivity index (χ4v) is 2.00. The first-order valence-electron chi connectivity index (χ1n) is 3.29. The van der Waals surface area contributed by atoms with Crippen LogP contribution >= 0.6 is 31.9 Å². The standard InChI is InChI=1S/C8H4Br2F2O/c1-3(13)4-2-5(11)7(10)8(12)6(4)9/h2H,1H3. The van der Waals surface area contributed by atoms with E-state index < -0.39 is 17.4 Å². The van der Waals surface area contributed by atoms with Crippen molar-refractivity contribution in [2.24, 2.45) is 0 Å². The van der Waals surface area contributed by atoms with Crippen molar-refractivity contribution in [3.8, 4) is 0 Å². The highest BCUT2D eigenvalue weighted by molar-refractivity contribution is 9.11. The van der Waals surface area contributed by atoms with Crippen LogP contribution in [0.4, 0.5) is 8.78 Å². The molecule has 5 heteroatoms. The fraction of sp³-hybridized carbons (Fsp3) is 0.125. The monoisotopic (exact) mass is 312 g/mol. The highest BCUT2D eigenvalue weighted by Crippen LogP contribution is 2.29. The predicted octanol–water partition coefficient (Wildman–Crippen LogP) is 3.69. The molecule has 70 valence electrons. The molecule has 0 aromatic heterocycles. The Labute approximate surface area is 90.4 Å². The molecule has 0 spiro atoms. The molecule has 0 fully saturated rings. The minimum Gasteiger partial charge on any atom is -0.294 e. The lowest BCUT2D eigenvalue weighted by Crippen LogP contribution is -1.99. The number of Topliss-reactive ketones (excluding diaryl/α,β-unsaturated/α-hetero) is 1. The normalized spacial score (nSPS) is 10.2. The molecule has 0 unspecified atom stereocenters. The molecule has 1 aromatic carbocycles. The maximum atomic E-state index is 13.1. The average molecular weight is 314 g/mol. The Morgan fingerprint density at radius 1 is 1.31 bits per heavy atom. The maximum Gasteiger partial charge on any atom is 0.161 e. The van der Waals surface area contributed by atoms with E-state index in [0.717, 1.165) is 6.07 Å². The van der Waals surface area contributed by atoms with Crippen LogP contribution in [0.3, 0.4) is 0 Å². The second-order valence-corrected chi connectivity index (χ2v) is 3.99. The molecule has 0 saturated carbocycles. The van der Waals surface area contributed by atoms with Gasteiger partial charge in [0, 0.05) is 5.56 Å². The van der Waals surface area contributed by atoms with E-state index in [1.165, 1.54) is 6.92 Å². The summed E-state index contributed by atoms with van der Waals surface area (Å²) in [6, 6.07) is 0.986. The van der Waals surface area contributed by atoms with Crippen molar-refractivity contribution in [1.82, 2.24) is 0 Å². The average Bonchev–Trinajstić information content (AvgIpc) is 2.07. The Morgan fingerprint density at radius 3 is 2.31 bits per heavy atom. The smallest absolute Gasteiger partial charge is 0.161 e. The number of hydrogen-bond donors (Lipinski definition) is 0. The summed E-state index contributed by atoms with van der Waals surface area (Å²) in [5.74, 6) is -1.98. The van der Waals surface area contributed by atoms with Gasteiger partial charge >= 0.3 is 0 Å². The Hall–Kier alpha value is -0.290. The van der Waals surface area contributed by atoms with Crippen LogP contribution < -0.4 is 0 Å². The van der Waals surface area contributed by atoms with Crippen LogP contribution in [0.15, 0.2) is 15.0 Å². The predicted molar refractivity (Wildman–Crippen MR) is 51.8 cm³/mol. The third-order valence-electron chi connectivity index (χ3n) is 1.48. The van der Waals surface area contributed by atoms with Crippen molar-refractivity contribution in [3.05, 3.63) is 32.2 Å². The van der Waals surface area contributed by atoms with Gasteiger partial charge < -0.3 is 0 Å². The molecule has 13 heavy (non-hydrogen) atoms. The summed E-state index contributed by atoms with van der Waals surface area (Å²) in [7, 11) is 0. The molecule has 0 heterocycles. The van der Waals surface area contributed by atoms with Crippen LogP contribution in [-0.2, 0) is 0 Å². The first kappa shape index (κ1) is 10.8. The lowest BCUT2D eigenvalue weighted by molar-refractivity contribution is 0.101. The summed E-state index contributed by atoms with van der Waals surface area (Å²) in [5, 5.41) is 0. The van der Waals surface area contributed by atoms with Crippen LogP contribution in [-0.4, -0.2) is 5.78 Å². The van der Waals surface area contributed by atoms with Crippen LogP contribution in [0.25, 0.3) is 0 Å². The van der Waals surface area contributed by atoms with Gasteiger partial charge in [-0.1, -0.05) is 0 Å². The van der Waals surface area contributed by atoms with E-state index in [4.69, 9.17) is 0 Å². The van der Waals surface area contributed by atoms with E-state index in [0.29, 0.717) is 0 Å². The molecule has 0 saturated heterocycles. The molecule has 1 aromatic rings. The van der Waals surface area contributed by atoms with Crippen molar-refractivity contribution >= 4 is 37.6 Å². The van der Waals surface area contributed by atoms with Gasteiger partial charge in [-0.3, -0.25) is 4.79 Å². The van der Waals surface area contributed by atoms with Gasteiger partial charge in [0.1, 0.15) is 5.82 Å². The number of hydrogen-bond acceptors (Lipinski definition) is 1. The molecule has 0 aliphatic rings. The zero-order valence-corrected chi connectivity index (χ0v) is 9.67. The van der Waals surface area contributed by atoms with E-state index in [9.17, 15) is 13.6 Å². The highest BCUT2D eigenvalue weighted by atomic mass is 79.9. The lowest BCUT2D eigenvalue weighted by atomic mass is 10.1. The van der Waals surface area contributed by atoms with E-state index in [2.05, 4.69) is 31.9 Å². The van der Waals surface area contributed by atoms with Gasteiger partial charge in [0.2, 0.25) is 0 Å². The van der Waals surface area contributed by atoms with Crippen molar-refractivity contribution in [2.75, 3.05) is 0 Å². The SMILES string of the molecule is CC(=O)c1cc(F)c(Br)c(F)c1Br. The third kappa shape index (κ3) is 1.96. The van der Waals surface area contributed by atoms with Gasteiger partial charge in [-0.15, -0.1) is 0 Å². The zero-order chi connectivity index (χ0) is 10.2. The molecule has 0 amide bonds. The van der Waals surface area contributed by atoms with Crippen LogP contribution in [0.1, 0.15) is 17.3 Å². The van der Waals surface area contributed by atoms with Gasteiger partial charge in [0.15, 0.2) is 11.6 Å². The Kier molecular flexibility index (Phi) is 3.18. The third-order valence-corrected chi connectivity index (χ3v) is 2.98. The summed E-state index contributed by atoms with van der Waals surface area (Å²) in [6.45, 7) is 1.24. The van der Waals surface area contributed by atoms with Crippen LogP contribution in [0, 0.1) is 11.6 Å². The van der Waals surface area contributed by atoms with Crippen molar-refractivity contribution in [3.63, 3.8) is 0 Å². The quantitative estimate of drug-likeness (QED) is 0.439. The number of benzene rings is 1. The minimum atomic E-state index is -0.801. The zero-order valence-electron chi connectivity index (χ0n) is 6.50. The summed E-state index contributed by atoms with van der Waals surface area (Å²) in [4.78, 5) is 10.9. The van der Waals surface area contributed by atoms with Gasteiger partial charge in [0.05, 0.1) is 8.95 Å². The molecule has 0 radical (unpaired) electrons. The van der Waals surface area contributed by atoms with Gasteiger partial charge in [-0.05, 0) is 44.8 Å². The van der Waals surface area contributed by atoms with Gasteiger partial charge in [0.25, 0.3) is 0 Å². The van der Waals surface area contributed by atoms with E-state index in [-0.39, 0.29) is 14.5 Å². The van der Waals surface area contributed by atoms with Crippen LogP contribution in [0.2, 0.25) is 0 Å². The first-order chi connectivity index (χ1) is 5.95. The molecular weight excluding hydrogens is 310 g/mol. The number of carbonyl (C=O) groups is 1. The summed E-state index contributed by atoms with van der Waals surface area (Å²) >= 11 is 5.60. The topological polar surface area (TPSA) is 17.1 Å². The number of rotatable bonds is 1. The summed E-state index contributed by atoms with van der Waals surface area (Å²) in [5.41, 5.74) is -0.00167. The van der Waals surface area contributed by atoms with Crippen molar-refractivity contribution < 1.29 is 13.6 Å². The maximum absolute atomic E-state index is 13.1. The van der Waals surface area contributed by atoms with Crippen LogP contribution in [0.5, 0.6) is 0 Å². The number of carbonyl (C=O) groups excluding carboxylic acids is 1. The summed E-state index contributed by atoms with van der Waals surface area (Å²) in [6.07, 6.45) is 0. The molecule has 0 aliphatic carbocycles. The van der Waals surface area contributed by atoms with Gasteiger partial charge in [-0.25, -0.2) is 8.78 Å². The Bertz CT molecular complexity index is 377. The van der Waals surface area contributed by atoms with E-state index in [1.807, 2.05) is 0 Å². The molecule has 1 rings (SSSR count). The molecule has 0 N–H and O–H groups in total. The summed E-state index contributed by atoms with van der Waals surface area (Å²) < 4.78 is 25.8. The molecule has 0 atom stereocenters. The van der Waals surface area contributed by atoms with Crippen molar-refractivity contribution in [2.45, 2.75) is 6.92 Å². The first-order valence-corrected chi connectivity index (χ1v) is 4.87. The lowest BCUT2D eigenvalue weighted by Gasteiger charge is -2.04. The van der Waals surface area contributed by atoms with Gasteiger partial charge in [-0.2, -0.15) is 0 Å². The Morgan fingerprint density at radius 2 is 1.85 bits per heavy atom. The molecule has 0 bridgehead atoms. The Balaban J connectivity index is 3.50. The molecule has 1 nitrogen and oxygen atoms in total.